The van der Waals surface area contributed by atoms with Crippen LogP contribution >= 0.6 is 0 Å². The molecular weight excluding hydrogens is 803 g/mol. The summed E-state index contributed by atoms with van der Waals surface area (Å²) in [6.07, 6.45) is -0.809. The number of amidine groups is 1. The van der Waals surface area contributed by atoms with Crippen molar-refractivity contribution in [1.82, 2.24) is 15.6 Å². The number of rotatable bonds is 17. The van der Waals surface area contributed by atoms with E-state index in [2.05, 4.69) is 61.4 Å². The van der Waals surface area contributed by atoms with Crippen molar-refractivity contribution in [2.45, 2.75) is 97.9 Å². The number of aromatic nitrogens is 1. The highest BCUT2D eigenvalue weighted by Gasteiger charge is 2.37. The van der Waals surface area contributed by atoms with Gasteiger partial charge in [0.25, 0.3) is 11.8 Å². The van der Waals surface area contributed by atoms with E-state index in [9.17, 15) is 24.0 Å². The number of amides is 3. The summed E-state index contributed by atoms with van der Waals surface area (Å²) < 4.78 is 32.7. The zero-order chi connectivity index (χ0) is 45.2. The van der Waals surface area contributed by atoms with Gasteiger partial charge in [0.05, 0.1) is 19.8 Å². The number of methoxy groups -OCH3 is 1. The minimum atomic E-state index is -2.05. The summed E-state index contributed by atoms with van der Waals surface area (Å²) >= 11 is 0. The van der Waals surface area contributed by atoms with Crippen LogP contribution in [0.1, 0.15) is 104 Å². The number of esters is 1. The maximum Gasteiger partial charge on any atom is 0.511 e. The number of hydrogen-bond acceptors (Lipinski definition) is 13. The number of alkyl carbamates (subject to hydrolysis) is 1. The molecule has 3 aromatic rings. The number of carbonyl (C=O) groups is 5. The van der Waals surface area contributed by atoms with Gasteiger partial charge in [0, 0.05) is 47.0 Å². The van der Waals surface area contributed by atoms with Crippen molar-refractivity contribution in [3.05, 3.63) is 83.2 Å². The second-order valence-corrected chi connectivity index (χ2v) is 21.2. The van der Waals surface area contributed by atoms with E-state index in [-0.39, 0.29) is 45.6 Å². The number of pyridine rings is 1. The predicted molar refractivity (Wildman–Crippen MR) is 232 cm³/mol. The lowest BCUT2D eigenvalue weighted by atomic mass is 9.94. The fraction of sp³-hybridized carbons (Fsp3) is 0.432. The maximum absolute atomic E-state index is 14.1. The molecule has 2 aromatic carbocycles. The molecule has 61 heavy (non-hydrogen) atoms. The van der Waals surface area contributed by atoms with Gasteiger partial charge in [-0.2, -0.15) is 0 Å². The van der Waals surface area contributed by atoms with Gasteiger partial charge in [0.2, 0.25) is 6.29 Å². The standard InChI is InChI=1S/C44H57N5O11Si/c1-12-29-21-34(39(50)47-31-17-15-30(16-18-31)38(45)49-42(53)58-26(4)24-56-61(10,11)44(6,7)8)33(22-36(29)55-9)32-19-20-35(40(51)46-23-28-13-14-28)48-37(32)41(52)59-27(5)60-43(54)57-25(2)3/h12,15-22,25-28H,1,13-14,23-24H2,2-11H3,(H,46,51)(H,47,50)(H2,45,49,53). The Kier molecular flexibility index (Phi) is 16.0. The Balaban J connectivity index is 1.59. The van der Waals surface area contributed by atoms with Crippen molar-refractivity contribution >= 4 is 55.9 Å². The lowest BCUT2D eigenvalue weighted by Gasteiger charge is -2.36. The zero-order valence-corrected chi connectivity index (χ0v) is 37.5. The molecule has 1 aliphatic carbocycles. The lowest BCUT2D eigenvalue weighted by Crippen LogP contribution is -2.43. The quantitative estimate of drug-likeness (QED) is 0.0252. The topological polar surface area (TPSA) is 214 Å². The normalized spacial score (nSPS) is 13.6. The molecule has 1 aromatic heterocycles. The molecule has 0 radical (unpaired) electrons. The van der Waals surface area contributed by atoms with Crippen molar-refractivity contribution in [3.8, 4) is 16.9 Å². The number of anilines is 1. The first-order valence-electron chi connectivity index (χ1n) is 20.0. The van der Waals surface area contributed by atoms with E-state index in [1.165, 1.54) is 56.5 Å². The number of hydrogen-bond donors (Lipinski definition) is 4. The van der Waals surface area contributed by atoms with Crippen molar-refractivity contribution in [2.75, 3.05) is 25.6 Å². The molecule has 4 rings (SSSR count). The molecular formula is C44H57N5O11Si. The Bertz CT molecular complexity index is 2130. The molecule has 3 amide bonds. The SMILES string of the molecule is C=Cc1cc(C(=O)Nc2ccc(C(=N)NC(=O)OC(C)CO[Si](C)(C)C(C)(C)C)cc2)c(-c2ccc(C(=O)NCC3CC3)nc2C(=O)OC(C)OC(=O)OC(C)C)cc1OC. The third-order valence-electron chi connectivity index (χ3n) is 10.0. The minimum absolute atomic E-state index is 0.00527. The van der Waals surface area contributed by atoms with E-state index in [4.69, 9.17) is 33.5 Å². The molecule has 17 heteroatoms. The van der Waals surface area contributed by atoms with Crippen LogP contribution in [0, 0.1) is 11.3 Å². The Morgan fingerprint density at radius 1 is 0.918 bits per heavy atom. The van der Waals surface area contributed by atoms with Crippen LogP contribution in [-0.2, 0) is 23.4 Å². The molecule has 4 N–H and O–H groups in total. The van der Waals surface area contributed by atoms with Gasteiger partial charge >= 0.3 is 18.2 Å². The molecule has 0 bridgehead atoms. The van der Waals surface area contributed by atoms with E-state index in [0.717, 1.165) is 12.8 Å². The second-order valence-electron chi connectivity index (χ2n) is 16.4. The van der Waals surface area contributed by atoms with E-state index >= 15 is 0 Å². The number of nitrogens with zero attached hydrogens (tertiary/aromatic N) is 1. The van der Waals surface area contributed by atoms with Crippen LogP contribution in [0.3, 0.4) is 0 Å². The van der Waals surface area contributed by atoms with Crippen LogP contribution in [0.5, 0.6) is 5.75 Å². The number of carbonyl (C=O) groups excluding carboxylic acids is 5. The second kappa shape index (κ2) is 20.5. The number of benzene rings is 2. The third-order valence-corrected chi connectivity index (χ3v) is 14.5. The van der Waals surface area contributed by atoms with Gasteiger partial charge in [0.1, 0.15) is 23.4 Å². The van der Waals surface area contributed by atoms with Gasteiger partial charge in [-0.05, 0) is 106 Å². The summed E-state index contributed by atoms with van der Waals surface area (Å²) in [5.74, 6) is -1.71. The van der Waals surface area contributed by atoms with Gasteiger partial charge in [-0.15, -0.1) is 0 Å². The Hall–Kier alpha value is -6.07. The van der Waals surface area contributed by atoms with E-state index in [1.54, 1.807) is 32.9 Å². The third kappa shape index (κ3) is 13.5. The fourth-order valence-electron chi connectivity index (χ4n) is 5.42. The number of ether oxygens (including phenoxy) is 5. The lowest BCUT2D eigenvalue weighted by molar-refractivity contribution is -0.0868. The Labute approximate surface area is 357 Å². The number of nitrogens with one attached hydrogen (secondary N) is 4. The highest BCUT2D eigenvalue weighted by atomic mass is 28.4. The predicted octanol–water partition coefficient (Wildman–Crippen LogP) is 8.32. The molecule has 1 aliphatic rings. The van der Waals surface area contributed by atoms with Gasteiger partial charge in [-0.3, -0.25) is 20.3 Å². The molecule has 328 valence electrons. The zero-order valence-electron chi connectivity index (χ0n) is 36.5. The van der Waals surface area contributed by atoms with Gasteiger partial charge in [-0.25, -0.2) is 19.4 Å². The molecule has 0 spiro atoms. The molecule has 0 saturated heterocycles. The minimum Gasteiger partial charge on any atom is -0.496 e. The van der Waals surface area contributed by atoms with Crippen molar-refractivity contribution in [3.63, 3.8) is 0 Å². The monoisotopic (exact) mass is 859 g/mol. The maximum atomic E-state index is 14.1. The molecule has 16 nitrogen and oxygen atoms in total. The van der Waals surface area contributed by atoms with E-state index in [1.807, 2.05) is 0 Å². The average molecular weight is 860 g/mol. The molecule has 1 heterocycles. The first-order chi connectivity index (χ1) is 28.6. The highest BCUT2D eigenvalue weighted by Crippen LogP contribution is 2.37. The van der Waals surface area contributed by atoms with Crippen molar-refractivity contribution in [1.29, 1.82) is 5.41 Å². The van der Waals surface area contributed by atoms with Crippen LogP contribution < -0.4 is 20.7 Å². The molecule has 1 fully saturated rings. The fourth-order valence-corrected chi connectivity index (χ4v) is 6.50. The largest absolute Gasteiger partial charge is 0.511 e. The smallest absolute Gasteiger partial charge is 0.496 e. The Morgan fingerprint density at radius 2 is 1.59 bits per heavy atom. The van der Waals surface area contributed by atoms with Crippen LogP contribution in [0.4, 0.5) is 15.3 Å². The highest BCUT2D eigenvalue weighted by molar-refractivity contribution is 6.74. The van der Waals surface area contributed by atoms with Gasteiger partial charge < -0.3 is 38.7 Å². The molecule has 1 saturated carbocycles. The average Bonchev–Trinajstić information content (AvgIpc) is 4.02. The van der Waals surface area contributed by atoms with Crippen LogP contribution in [0.2, 0.25) is 18.1 Å². The van der Waals surface area contributed by atoms with Crippen molar-refractivity contribution < 1.29 is 52.1 Å². The summed E-state index contributed by atoms with van der Waals surface area (Å²) in [4.78, 5) is 70.2. The Morgan fingerprint density at radius 3 is 2.18 bits per heavy atom. The van der Waals surface area contributed by atoms with Crippen LogP contribution in [0.15, 0.2) is 55.1 Å². The molecule has 0 aliphatic heterocycles. The van der Waals surface area contributed by atoms with Crippen molar-refractivity contribution in [2.24, 2.45) is 5.92 Å². The molecule has 2 atom stereocenters. The summed E-state index contributed by atoms with van der Waals surface area (Å²) in [6, 6.07) is 12.1. The summed E-state index contributed by atoms with van der Waals surface area (Å²) in [5, 5.41) is 16.5. The van der Waals surface area contributed by atoms with Gasteiger partial charge in [-0.1, -0.05) is 33.4 Å². The first kappa shape index (κ1) is 47.6. The van der Waals surface area contributed by atoms with E-state index < -0.39 is 56.8 Å². The summed E-state index contributed by atoms with van der Waals surface area (Å²) in [7, 11) is -0.618. The summed E-state index contributed by atoms with van der Waals surface area (Å²) in [5.41, 5.74) is 1.05. The van der Waals surface area contributed by atoms with Gasteiger partial charge in [0.15, 0.2) is 14.0 Å². The first-order valence-corrected chi connectivity index (χ1v) is 22.9. The van der Waals surface area contributed by atoms with E-state index in [0.29, 0.717) is 35.0 Å². The summed E-state index contributed by atoms with van der Waals surface area (Å²) in [6.45, 7) is 21.4. The molecule has 2 unspecified atom stereocenters. The van der Waals surface area contributed by atoms with Crippen LogP contribution in [0.25, 0.3) is 17.2 Å². The van der Waals surface area contributed by atoms with Crippen LogP contribution in [-0.4, -0.2) is 87.9 Å².